The van der Waals surface area contributed by atoms with Crippen molar-refractivity contribution in [1.82, 2.24) is 4.98 Å². The number of benzene rings is 1. The smallest absolute Gasteiger partial charge is 0.137 e. The van der Waals surface area contributed by atoms with E-state index in [2.05, 4.69) is 15.6 Å². The van der Waals surface area contributed by atoms with E-state index in [1.165, 1.54) is 0 Å². The highest BCUT2D eigenvalue weighted by Crippen LogP contribution is 2.27. The summed E-state index contributed by atoms with van der Waals surface area (Å²) in [5.74, 6) is 2.16. The van der Waals surface area contributed by atoms with E-state index >= 15 is 0 Å². The number of pyridine rings is 1. The van der Waals surface area contributed by atoms with Gasteiger partial charge in [-0.2, -0.15) is 0 Å². The van der Waals surface area contributed by atoms with E-state index in [0.717, 1.165) is 28.3 Å². The molecule has 0 aliphatic heterocycles. The molecule has 2 rings (SSSR count). The maximum atomic E-state index is 7.97. The van der Waals surface area contributed by atoms with Gasteiger partial charge in [0.15, 0.2) is 0 Å². The monoisotopic (exact) mass is 314 g/mol. The Labute approximate surface area is 136 Å². The molecule has 0 spiro atoms. The van der Waals surface area contributed by atoms with Crippen LogP contribution in [-0.2, 0) is 6.54 Å². The maximum Gasteiger partial charge on any atom is 0.137 e. The Bertz CT molecular complexity index is 701. The highest BCUT2D eigenvalue weighted by atomic mass is 16.5. The van der Waals surface area contributed by atoms with Gasteiger partial charge in [0.2, 0.25) is 0 Å². The molecule has 3 N–H and O–H groups in total. The molecule has 0 fully saturated rings. The van der Waals surface area contributed by atoms with Gasteiger partial charge in [-0.3, -0.25) is 0 Å². The summed E-state index contributed by atoms with van der Waals surface area (Å²) in [7, 11) is 5.09. The third-order valence-electron chi connectivity index (χ3n) is 3.54. The first-order valence-electron chi connectivity index (χ1n) is 7.27. The van der Waals surface area contributed by atoms with Crippen molar-refractivity contribution in [3.05, 3.63) is 41.6 Å². The molecule has 1 aromatic heterocycles. The van der Waals surface area contributed by atoms with Crippen LogP contribution in [0.2, 0.25) is 0 Å². The number of nitrogens with one attached hydrogen (secondary N) is 3. The Morgan fingerprint density at radius 1 is 1.22 bits per heavy atom. The fourth-order valence-corrected chi connectivity index (χ4v) is 2.36. The van der Waals surface area contributed by atoms with E-state index in [1.807, 2.05) is 31.3 Å². The van der Waals surface area contributed by atoms with Crippen LogP contribution in [0.5, 0.6) is 11.5 Å². The minimum absolute atomic E-state index is 0.451. The fourth-order valence-electron chi connectivity index (χ4n) is 2.36. The van der Waals surface area contributed by atoms with Crippen LogP contribution in [0, 0.1) is 5.41 Å². The van der Waals surface area contributed by atoms with Gasteiger partial charge in [0.05, 0.1) is 19.8 Å². The Hall–Kier alpha value is -2.76. The summed E-state index contributed by atoms with van der Waals surface area (Å²) in [6.45, 7) is 2.28. The zero-order chi connectivity index (χ0) is 16.8. The molecule has 0 atom stereocenters. The van der Waals surface area contributed by atoms with E-state index in [0.29, 0.717) is 18.1 Å². The predicted molar refractivity (Wildman–Crippen MR) is 93.2 cm³/mol. The number of anilines is 2. The summed E-state index contributed by atoms with van der Waals surface area (Å²) in [5, 5.41) is 14.3. The summed E-state index contributed by atoms with van der Waals surface area (Å²) in [6.07, 6.45) is 1.71. The molecule has 0 unspecified atom stereocenters. The fraction of sp³-hybridized carbons (Fsp3) is 0.294. The number of aromatic nitrogens is 1. The normalized spacial score (nSPS) is 10.1. The molecule has 122 valence electrons. The van der Waals surface area contributed by atoms with Gasteiger partial charge in [0.25, 0.3) is 0 Å². The topological polar surface area (TPSA) is 79.3 Å². The van der Waals surface area contributed by atoms with E-state index in [4.69, 9.17) is 14.9 Å². The first kappa shape index (κ1) is 16.6. The standard InChI is InChI=1S/C17H22N4O2/c1-11(18)16-14(19-2)7-8-20-17(16)21-10-12-5-6-13(22-3)9-15(12)23-4/h5-9,18H,10H2,1-4H3,(H2,19,20,21). The number of hydrogen-bond acceptors (Lipinski definition) is 6. The lowest BCUT2D eigenvalue weighted by Gasteiger charge is -2.15. The molecular formula is C17H22N4O2. The van der Waals surface area contributed by atoms with E-state index in [-0.39, 0.29) is 0 Å². The number of ether oxygens (including phenoxy) is 2. The van der Waals surface area contributed by atoms with Crippen molar-refractivity contribution in [2.24, 2.45) is 0 Å². The van der Waals surface area contributed by atoms with Gasteiger partial charge in [0.1, 0.15) is 17.3 Å². The number of rotatable bonds is 7. The Balaban J connectivity index is 2.26. The third-order valence-corrected chi connectivity index (χ3v) is 3.54. The first-order valence-corrected chi connectivity index (χ1v) is 7.27. The second-order valence-corrected chi connectivity index (χ2v) is 4.99. The van der Waals surface area contributed by atoms with E-state index in [9.17, 15) is 0 Å². The molecule has 6 heteroatoms. The van der Waals surface area contributed by atoms with Crippen LogP contribution >= 0.6 is 0 Å². The van der Waals surface area contributed by atoms with Crippen molar-refractivity contribution >= 4 is 17.2 Å². The molecule has 1 aromatic carbocycles. The quantitative estimate of drug-likeness (QED) is 0.684. The molecule has 1 heterocycles. The highest BCUT2D eigenvalue weighted by Gasteiger charge is 2.12. The van der Waals surface area contributed by atoms with Gasteiger partial charge in [0, 0.05) is 42.8 Å². The Kier molecular flexibility index (Phi) is 5.41. The number of methoxy groups -OCH3 is 2. The second-order valence-electron chi connectivity index (χ2n) is 4.99. The van der Waals surface area contributed by atoms with Gasteiger partial charge in [-0.1, -0.05) is 0 Å². The van der Waals surface area contributed by atoms with Gasteiger partial charge < -0.3 is 25.5 Å². The lowest BCUT2D eigenvalue weighted by molar-refractivity contribution is 0.391. The number of hydrogen-bond donors (Lipinski definition) is 3. The molecule has 0 aliphatic carbocycles. The predicted octanol–water partition coefficient (Wildman–Crippen LogP) is 3.14. The molecule has 0 amide bonds. The maximum absolute atomic E-state index is 7.97. The van der Waals surface area contributed by atoms with Crippen LogP contribution in [-0.4, -0.2) is 32.0 Å². The average Bonchev–Trinajstić information content (AvgIpc) is 2.58. The van der Waals surface area contributed by atoms with E-state index in [1.54, 1.807) is 27.3 Å². The molecular weight excluding hydrogens is 292 g/mol. The minimum atomic E-state index is 0.451. The molecule has 6 nitrogen and oxygen atoms in total. The largest absolute Gasteiger partial charge is 0.497 e. The van der Waals surface area contributed by atoms with E-state index < -0.39 is 0 Å². The lowest BCUT2D eigenvalue weighted by Crippen LogP contribution is -2.10. The van der Waals surface area contributed by atoms with Gasteiger partial charge >= 0.3 is 0 Å². The Morgan fingerprint density at radius 2 is 2.00 bits per heavy atom. The van der Waals surface area contributed by atoms with Gasteiger partial charge in [-0.25, -0.2) is 4.98 Å². The second kappa shape index (κ2) is 7.49. The minimum Gasteiger partial charge on any atom is -0.497 e. The van der Waals surface area contributed by atoms with Crippen molar-refractivity contribution < 1.29 is 9.47 Å². The summed E-state index contributed by atoms with van der Waals surface area (Å²) in [6, 6.07) is 7.53. The molecule has 0 aliphatic rings. The molecule has 0 radical (unpaired) electrons. The van der Waals surface area contributed by atoms with Crippen LogP contribution < -0.4 is 20.1 Å². The Morgan fingerprint density at radius 3 is 2.61 bits per heavy atom. The molecule has 0 bridgehead atoms. The SMILES string of the molecule is CNc1ccnc(NCc2ccc(OC)cc2OC)c1C(C)=N. The zero-order valence-corrected chi connectivity index (χ0v) is 13.9. The third kappa shape index (κ3) is 3.71. The van der Waals surface area contributed by atoms with Crippen LogP contribution in [0.4, 0.5) is 11.5 Å². The summed E-state index contributed by atoms with van der Waals surface area (Å²) in [5.41, 5.74) is 3.07. The summed E-state index contributed by atoms with van der Waals surface area (Å²) < 4.78 is 10.6. The van der Waals surface area contributed by atoms with Crippen molar-refractivity contribution in [1.29, 1.82) is 5.41 Å². The lowest BCUT2D eigenvalue weighted by atomic mass is 10.1. The molecule has 0 saturated heterocycles. The van der Waals surface area contributed by atoms with Gasteiger partial charge in [-0.15, -0.1) is 0 Å². The summed E-state index contributed by atoms with van der Waals surface area (Å²) in [4.78, 5) is 4.36. The van der Waals surface area contributed by atoms with Crippen LogP contribution in [0.25, 0.3) is 0 Å². The van der Waals surface area contributed by atoms with Crippen molar-refractivity contribution in [3.63, 3.8) is 0 Å². The van der Waals surface area contributed by atoms with Crippen LogP contribution in [0.15, 0.2) is 30.5 Å². The van der Waals surface area contributed by atoms with Crippen molar-refractivity contribution in [2.45, 2.75) is 13.5 Å². The zero-order valence-electron chi connectivity index (χ0n) is 13.9. The van der Waals surface area contributed by atoms with Crippen LogP contribution in [0.1, 0.15) is 18.1 Å². The molecule has 23 heavy (non-hydrogen) atoms. The average molecular weight is 314 g/mol. The van der Waals surface area contributed by atoms with Crippen molar-refractivity contribution in [2.75, 3.05) is 31.9 Å². The highest BCUT2D eigenvalue weighted by molar-refractivity contribution is 6.05. The first-order chi connectivity index (χ1) is 11.1. The summed E-state index contributed by atoms with van der Waals surface area (Å²) >= 11 is 0. The molecule has 2 aromatic rings. The number of nitrogens with zero attached hydrogens (tertiary/aromatic N) is 1. The van der Waals surface area contributed by atoms with Gasteiger partial charge in [-0.05, 0) is 25.1 Å². The van der Waals surface area contributed by atoms with Crippen molar-refractivity contribution in [3.8, 4) is 11.5 Å². The van der Waals surface area contributed by atoms with Crippen LogP contribution in [0.3, 0.4) is 0 Å². The molecule has 0 saturated carbocycles.